The topological polar surface area (TPSA) is 60.5 Å². The van der Waals surface area contributed by atoms with E-state index in [4.69, 9.17) is 9.15 Å². The first-order valence-electron chi connectivity index (χ1n) is 9.00. The van der Waals surface area contributed by atoms with E-state index in [1.807, 2.05) is 53.9 Å². The number of hydrogen-bond acceptors (Lipinski definition) is 4. The molecule has 0 spiro atoms. The van der Waals surface area contributed by atoms with Gasteiger partial charge in [-0.2, -0.15) is 5.10 Å². The Morgan fingerprint density at radius 3 is 3.04 bits per heavy atom. The summed E-state index contributed by atoms with van der Waals surface area (Å²) in [5.41, 5.74) is 2.79. The van der Waals surface area contributed by atoms with Crippen molar-refractivity contribution in [3.8, 4) is 0 Å². The van der Waals surface area contributed by atoms with Gasteiger partial charge in [0.2, 0.25) is 0 Å². The Morgan fingerprint density at radius 2 is 2.23 bits per heavy atom. The summed E-state index contributed by atoms with van der Waals surface area (Å²) in [7, 11) is 0. The van der Waals surface area contributed by atoms with Crippen LogP contribution in [0.25, 0.3) is 11.0 Å². The minimum absolute atomic E-state index is 0.0627. The third kappa shape index (κ3) is 3.24. The van der Waals surface area contributed by atoms with Crippen LogP contribution in [0.5, 0.6) is 0 Å². The highest BCUT2D eigenvalue weighted by Crippen LogP contribution is 2.27. The molecule has 1 aliphatic heterocycles. The van der Waals surface area contributed by atoms with Crippen molar-refractivity contribution in [2.45, 2.75) is 32.9 Å². The number of aryl methyl sites for hydroxylation is 2. The molecule has 1 atom stereocenters. The molecule has 0 radical (unpaired) electrons. The molecule has 2 aromatic heterocycles. The van der Waals surface area contributed by atoms with Crippen molar-refractivity contribution >= 4 is 16.9 Å². The number of furan rings is 1. The van der Waals surface area contributed by atoms with Crippen LogP contribution in [-0.4, -0.2) is 46.4 Å². The zero-order valence-corrected chi connectivity index (χ0v) is 15.1. The number of rotatable bonds is 3. The lowest BCUT2D eigenvalue weighted by atomic mass is 10.1. The predicted octanol–water partition coefficient (Wildman–Crippen LogP) is 3.18. The van der Waals surface area contributed by atoms with Crippen molar-refractivity contribution in [3.05, 3.63) is 53.5 Å². The summed E-state index contributed by atoms with van der Waals surface area (Å²) in [5, 5.41) is 5.23. The van der Waals surface area contributed by atoms with Crippen molar-refractivity contribution in [1.82, 2.24) is 14.7 Å². The van der Waals surface area contributed by atoms with Crippen molar-refractivity contribution in [3.63, 3.8) is 0 Å². The van der Waals surface area contributed by atoms with E-state index in [1.165, 1.54) is 0 Å². The lowest BCUT2D eigenvalue weighted by Gasteiger charge is -2.23. The third-order valence-corrected chi connectivity index (χ3v) is 4.88. The molecule has 1 aliphatic rings. The second-order valence-electron chi connectivity index (χ2n) is 6.88. The summed E-state index contributed by atoms with van der Waals surface area (Å²) in [4.78, 5) is 15.0. The van der Waals surface area contributed by atoms with E-state index in [0.29, 0.717) is 32.0 Å². The summed E-state index contributed by atoms with van der Waals surface area (Å²) in [6, 6.07) is 7.93. The molecule has 0 bridgehead atoms. The van der Waals surface area contributed by atoms with Crippen LogP contribution in [0.3, 0.4) is 0 Å². The number of benzene rings is 1. The van der Waals surface area contributed by atoms with E-state index in [9.17, 15) is 4.79 Å². The SMILES string of the molecule is Cc1ccc2c(C)c(C(=O)N3CCCO[C@@H](Cn4cccn4)C3)oc2c1. The van der Waals surface area contributed by atoms with Gasteiger partial charge < -0.3 is 14.1 Å². The molecule has 136 valence electrons. The monoisotopic (exact) mass is 353 g/mol. The minimum atomic E-state index is -0.0757. The van der Waals surface area contributed by atoms with Gasteiger partial charge in [0.1, 0.15) is 5.58 Å². The second kappa shape index (κ2) is 6.96. The first-order valence-corrected chi connectivity index (χ1v) is 9.00. The molecule has 0 saturated carbocycles. The van der Waals surface area contributed by atoms with Gasteiger partial charge in [-0.05, 0) is 38.0 Å². The first kappa shape index (κ1) is 16.8. The van der Waals surface area contributed by atoms with E-state index in [0.717, 1.165) is 28.5 Å². The quantitative estimate of drug-likeness (QED) is 0.726. The van der Waals surface area contributed by atoms with E-state index < -0.39 is 0 Å². The maximum atomic E-state index is 13.1. The molecule has 3 heterocycles. The number of ether oxygens (including phenoxy) is 1. The normalized spacial score (nSPS) is 18.2. The van der Waals surface area contributed by atoms with Crippen LogP contribution in [0.1, 0.15) is 28.1 Å². The van der Waals surface area contributed by atoms with Gasteiger partial charge in [0, 0.05) is 43.0 Å². The highest BCUT2D eigenvalue weighted by atomic mass is 16.5. The van der Waals surface area contributed by atoms with Crippen LogP contribution in [0.4, 0.5) is 0 Å². The van der Waals surface area contributed by atoms with Gasteiger partial charge in [-0.25, -0.2) is 0 Å². The number of carbonyl (C=O) groups excluding carboxylic acids is 1. The number of fused-ring (bicyclic) bond motifs is 1. The zero-order chi connectivity index (χ0) is 18.1. The Kier molecular flexibility index (Phi) is 4.51. The Hall–Kier alpha value is -2.60. The number of aromatic nitrogens is 2. The van der Waals surface area contributed by atoms with Crippen molar-refractivity contribution in [2.24, 2.45) is 0 Å². The van der Waals surface area contributed by atoms with Crippen molar-refractivity contribution in [1.29, 1.82) is 0 Å². The number of nitrogens with zero attached hydrogens (tertiary/aromatic N) is 3. The van der Waals surface area contributed by atoms with E-state index in [1.54, 1.807) is 6.20 Å². The third-order valence-electron chi connectivity index (χ3n) is 4.88. The largest absolute Gasteiger partial charge is 0.451 e. The Bertz CT molecular complexity index is 914. The lowest BCUT2D eigenvalue weighted by Crippen LogP contribution is -2.38. The van der Waals surface area contributed by atoms with Crippen LogP contribution >= 0.6 is 0 Å². The fourth-order valence-corrected chi connectivity index (χ4v) is 3.49. The summed E-state index contributed by atoms with van der Waals surface area (Å²) in [6.45, 7) is 6.45. The lowest BCUT2D eigenvalue weighted by molar-refractivity contribution is 0.0358. The fraction of sp³-hybridized carbons (Fsp3) is 0.400. The smallest absolute Gasteiger partial charge is 0.289 e. The Labute approximate surface area is 152 Å². The van der Waals surface area contributed by atoms with Gasteiger partial charge in [-0.3, -0.25) is 9.48 Å². The maximum Gasteiger partial charge on any atom is 0.289 e. The molecule has 4 rings (SSSR count). The van der Waals surface area contributed by atoms with Gasteiger partial charge in [-0.1, -0.05) is 12.1 Å². The molecular formula is C20H23N3O3. The molecule has 0 N–H and O–H groups in total. The first-order chi connectivity index (χ1) is 12.6. The average molecular weight is 353 g/mol. The Morgan fingerprint density at radius 1 is 1.35 bits per heavy atom. The van der Waals surface area contributed by atoms with E-state index in [2.05, 4.69) is 5.10 Å². The van der Waals surface area contributed by atoms with E-state index in [-0.39, 0.29) is 12.0 Å². The van der Waals surface area contributed by atoms with Crippen LogP contribution in [0, 0.1) is 13.8 Å². The molecule has 26 heavy (non-hydrogen) atoms. The fourth-order valence-electron chi connectivity index (χ4n) is 3.49. The average Bonchev–Trinajstić information content (AvgIpc) is 3.17. The van der Waals surface area contributed by atoms with Crippen LogP contribution in [0.2, 0.25) is 0 Å². The molecule has 6 nitrogen and oxygen atoms in total. The predicted molar refractivity (Wildman–Crippen MR) is 98.2 cm³/mol. The molecule has 3 aromatic rings. The van der Waals surface area contributed by atoms with E-state index >= 15 is 0 Å². The molecule has 1 aromatic carbocycles. The summed E-state index contributed by atoms with van der Waals surface area (Å²) in [5.74, 6) is 0.373. The maximum absolute atomic E-state index is 13.1. The summed E-state index contributed by atoms with van der Waals surface area (Å²) < 4.78 is 13.7. The number of hydrogen-bond donors (Lipinski definition) is 0. The highest BCUT2D eigenvalue weighted by Gasteiger charge is 2.27. The van der Waals surface area contributed by atoms with Crippen molar-refractivity contribution < 1.29 is 13.9 Å². The molecule has 1 fully saturated rings. The summed E-state index contributed by atoms with van der Waals surface area (Å²) >= 11 is 0. The highest BCUT2D eigenvalue weighted by molar-refractivity contribution is 5.99. The second-order valence-corrected chi connectivity index (χ2v) is 6.88. The summed E-state index contributed by atoms with van der Waals surface area (Å²) in [6.07, 6.45) is 4.40. The minimum Gasteiger partial charge on any atom is -0.451 e. The van der Waals surface area contributed by atoms with Crippen molar-refractivity contribution in [2.75, 3.05) is 19.7 Å². The van der Waals surface area contributed by atoms with Gasteiger partial charge in [-0.15, -0.1) is 0 Å². The molecule has 1 saturated heterocycles. The van der Waals surface area contributed by atoms with Crippen LogP contribution in [0.15, 0.2) is 41.1 Å². The standard InChI is InChI=1S/C20H23N3O3/c1-14-5-6-17-15(2)19(26-18(17)11-14)20(24)22-8-4-10-25-16(12-22)13-23-9-3-7-21-23/h3,5-7,9,11,16H,4,8,10,12-13H2,1-2H3/t16-/m1/s1. The van der Waals surface area contributed by atoms with Crippen LogP contribution < -0.4 is 0 Å². The molecule has 6 heteroatoms. The molecular weight excluding hydrogens is 330 g/mol. The van der Waals surface area contributed by atoms with Crippen LogP contribution in [-0.2, 0) is 11.3 Å². The molecule has 1 amide bonds. The number of amides is 1. The van der Waals surface area contributed by atoms with Gasteiger partial charge in [0.25, 0.3) is 5.91 Å². The zero-order valence-electron chi connectivity index (χ0n) is 15.1. The van der Waals surface area contributed by atoms with Gasteiger partial charge in [0.05, 0.1) is 12.6 Å². The molecule has 0 unspecified atom stereocenters. The van der Waals surface area contributed by atoms with Gasteiger partial charge in [0.15, 0.2) is 5.76 Å². The Balaban J connectivity index is 1.57. The number of carbonyl (C=O) groups is 1. The van der Waals surface area contributed by atoms with Gasteiger partial charge >= 0.3 is 0 Å². The molecule has 0 aliphatic carbocycles.